The molecule has 0 aliphatic carbocycles. The number of hydrogen-bond donors (Lipinski definition) is 1. The number of benzene rings is 1. The third-order valence-corrected chi connectivity index (χ3v) is 2.46. The summed E-state index contributed by atoms with van der Waals surface area (Å²) < 4.78 is 23.6. The predicted molar refractivity (Wildman–Crippen MR) is 63.6 cm³/mol. The molecule has 0 spiro atoms. The third kappa shape index (κ3) is 2.65. The molecule has 0 amide bonds. The molecule has 0 aliphatic rings. The Morgan fingerprint density at radius 3 is 2.94 bits per heavy atom. The molecule has 0 unspecified atom stereocenters. The molecule has 0 saturated heterocycles. The molecule has 0 bridgehead atoms. The minimum atomic E-state index is -0.427. The van der Waals surface area contributed by atoms with Crippen LogP contribution in [0.5, 0.6) is 5.75 Å². The number of rotatable bonds is 5. The number of aryl methyl sites for hydroxylation is 1. The lowest BCUT2D eigenvalue weighted by molar-refractivity contribution is 0.386. The van der Waals surface area contributed by atoms with Gasteiger partial charge in [0.25, 0.3) is 0 Å². The Bertz CT molecular complexity index is 528. The fraction of sp³-hybridized carbons (Fsp3) is 0.333. The van der Waals surface area contributed by atoms with Crippen LogP contribution in [0.2, 0.25) is 0 Å². The SMILES string of the molecule is COc1cc(-c2nnc(CCCN)o2)ccc1F. The molecular formula is C12H14FN3O2. The zero-order chi connectivity index (χ0) is 13.0. The molecule has 0 atom stereocenters. The fourth-order valence-electron chi connectivity index (χ4n) is 1.52. The molecule has 1 heterocycles. The van der Waals surface area contributed by atoms with Crippen molar-refractivity contribution in [3.8, 4) is 17.2 Å². The number of methoxy groups -OCH3 is 1. The zero-order valence-corrected chi connectivity index (χ0v) is 10.0. The maximum atomic E-state index is 13.3. The highest BCUT2D eigenvalue weighted by Crippen LogP contribution is 2.25. The summed E-state index contributed by atoms with van der Waals surface area (Å²) in [4.78, 5) is 0. The van der Waals surface area contributed by atoms with Crippen molar-refractivity contribution in [2.45, 2.75) is 12.8 Å². The van der Waals surface area contributed by atoms with Crippen LogP contribution in [-0.2, 0) is 6.42 Å². The normalized spacial score (nSPS) is 10.6. The summed E-state index contributed by atoms with van der Waals surface area (Å²) in [6, 6.07) is 4.39. The molecular weight excluding hydrogens is 237 g/mol. The van der Waals surface area contributed by atoms with Crippen LogP contribution in [-0.4, -0.2) is 23.9 Å². The van der Waals surface area contributed by atoms with E-state index in [0.29, 0.717) is 30.3 Å². The van der Waals surface area contributed by atoms with Crippen LogP contribution in [0.15, 0.2) is 22.6 Å². The van der Waals surface area contributed by atoms with Gasteiger partial charge in [0.1, 0.15) is 0 Å². The molecule has 2 aromatic rings. The molecule has 0 fully saturated rings. The van der Waals surface area contributed by atoms with Gasteiger partial charge in [0.2, 0.25) is 11.8 Å². The maximum absolute atomic E-state index is 13.3. The molecule has 6 heteroatoms. The van der Waals surface area contributed by atoms with Crippen molar-refractivity contribution in [3.63, 3.8) is 0 Å². The van der Waals surface area contributed by atoms with Gasteiger partial charge in [-0.25, -0.2) is 4.39 Å². The predicted octanol–water partition coefficient (Wildman–Crippen LogP) is 1.78. The minimum Gasteiger partial charge on any atom is -0.494 e. The standard InChI is InChI=1S/C12H14FN3O2/c1-17-10-7-8(4-5-9(10)13)12-16-15-11(18-12)3-2-6-14/h4-5,7H,2-3,6,14H2,1H3. The molecule has 96 valence electrons. The van der Waals surface area contributed by atoms with Crippen molar-refractivity contribution in [2.75, 3.05) is 13.7 Å². The molecule has 2 N–H and O–H groups in total. The Balaban J connectivity index is 2.23. The van der Waals surface area contributed by atoms with Crippen LogP contribution in [0.1, 0.15) is 12.3 Å². The Labute approximate surface area is 104 Å². The van der Waals surface area contributed by atoms with Gasteiger partial charge in [0.15, 0.2) is 11.6 Å². The van der Waals surface area contributed by atoms with Crippen LogP contribution in [0.3, 0.4) is 0 Å². The van der Waals surface area contributed by atoms with E-state index >= 15 is 0 Å². The number of ether oxygens (including phenoxy) is 1. The average molecular weight is 251 g/mol. The van der Waals surface area contributed by atoms with Gasteiger partial charge in [-0.3, -0.25) is 0 Å². The monoisotopic (exact) mass is 251 g/mol. The second kappa shape index (κ2) is 5.59. The summed E-state index contributed by atoms with van der Waals surface area (Å²) in [7, 11) is 1.41. The van der Waals surface area contributed by atoms with Gasteiger partial charge < -0.3 is 14.9 Å². The fourth-order valence-corrected chi connectivity index (χ4v) is 1.52. The van der Waals surface area contributed by atoms with Gasteiger partial charge in [-0.1, -0.05) is 0 Å². The van der Waals surface area contributed by atoms with E-state index in [2.05, 4.69) is 10.2 Å². The summed E-state index contributed by atoms with van der Waals surface area (Å²) in [6.45, 7) is 0.572. The van der Waals surface area contributed by atoms with Crippen LogP contribution in [0.4, 0.5) is 4.39 Å². The lowest BCUT2D eigenvalue weighted by Crippen LogP contribution is -2.00. The number of aromatic nitrogens is 2. The molecule has 0 aliphatic heterocycles. The quantitative estimate of drug-likeness (QED) is 0.876. The van der Waals surface area contributed by atoms with Crippen LogP contribution >= 0.6 is 0 Å². The van der Waals surface area contributed by atoms with E-state index in [4.69, 9.17) is 14.9 Å². The van der Waals surface area contributed by atoms with E-state index in [1.807, 2.05) is 0 Å². The smallest absolute Gasteiger partial charge is 0.247 e. The number of nitrogens with zero attached hydrogens (tertiary/aromatic N) is 2. The first kappa shape index (κ1) is 12.5. The van der Waals surface area contributed by atoms with Gasteiger partial charge in [-0.15, -0.1) is 10.2 Å². The molecule has 0 radical (unpaired) electrons. The summed E-state index contributed by atoms with van der Waals surface area (Å²) in [5.41, 5.74) is 6.03. The van der Waals surface area contributed by atoms with Crippen molar-refractivity contribution in [2.24, 2.45) is 5.73 Å². The van der Waals surface area contributed by atoms with E-state index in [1.165, 1.54) is 19.2 Å². The number of halogens is 1. The summed E-state index contributed by atoms with van der Waals surface area (Å²) in [5.74, 6) is 0.595. The molecule has 5 nitrogen and oxygen atoms in total. The first-order chi connectivity index (χ1) is 8.74. The van der Waals surface area contributed by atoms with Gasteiger partial charge >= 0.3 is 0 Å². The highest BCUT2D eigenvalue weighted by Gasteiger charge is 2.11. The zero-order valence-electron chi connectivity index (χ0n) is 10.0. The third-order valence-electron chi connectivity index (χ3n) is 2.46. The van der Waals surface area contributed by atoms with Crippen molar-refractivity contribution in [1.29, 1.82) is 0 Å². The lowest BCUT2D eigenvalue weighted by atomic mass is 10.2. The summed E-state index contributed by atoms with van der Waals surface area (Å²) in [5, 5.41) is 7.81. The van der Waals surface area contributed by atoms with Crippen molar-refractivity contribution >= 4 is 0 Å². The molecule has 0 saturated carbocycles. The first-order valence-electron chi connectivity index (χ1n) is 5.61. The van der Waals surface area contributed by atoms with Crippen molar-refractivity contribution in [3.05, 3.63) is 29.9 Å². The van der Waals surface area contributed by atoms with E-state index in [-0.39, 0.29) is 5.75 Å². The highest BCUT2D eigenvalue weighted by molar-refractivity contribution is 5.55. The Hall–Kier alpha value is -1.95. The van der Waals surface area contributed by atoms with E-state index < -0.39 is 5.82 Å². The average Bonchev–Trinajstić information content (AvgIpc) is 2.85. The molecule has 1 aromatic heterocycles. The topological polar surface area (TPSA) is 74.2 Å². The Morgan fingerprint density at radius 1 is 1.39 bits per heavy atom. The Morgan fingerprint density at radius 2 is 2.22 bits per heavy atom. The van der Waals surface area contributed by atoms with E-state index in [1.54, 1.807) is 6.07 Å². The molecule has 1 aromatic carbocycles. The van der Waals surface area contributed by atoms with Crippen LogP contribution in [0, 0.1) is 5.82 Å². The van der Waals surface area contributed by atoms with E-state index in [0.717, 1.165) is 6.42 Å². The van der Waals surface area contributed by atoms with Gasteiger partial charge in [0.05, 0.1) is 7.11 Å². The van der Waals surface area contributed by atoms with Gasteiger partial charge in [0, 0.05) is 12.0 Å². The van der Waals surface area contributed by atoms with Gasteiger partial charge in [-0.2, -0.15) is 0 Å². The molecule has 18 heavy (non-hydrogen) atoms. The summed E-state index contributed by atoms with van der Waals surface area (Å²) >= 11 is 0. The Kier molecular flexibility index (Phi) is 3.88. The summed E-state index contributed by atoms with van der Waals surface area (Å²) in [6.07, 6.45) is 1.43. The second-order valence-electron chi connectivity index (χ2n) is 3.74. The van der Waals surface area contributed by atoms with Gasteiger partial charge in [-0.05, 0) is 31.2 Å². The first-order valence-corrected chi connectivity index (χ1v) is 5.61. The van der Waals surface area contributed by atoms with Crippen molar-refractivity contribution in [1.82, 2.24) is 10.2 Å². The van der Waals surface area contributed by atoms with Crippen LogP contribution < -0.4 is 10.5 Å². The largest absolute Gasteiger partial charge is 0.494 e. The lowest BCUT2D eigenvalue weighted by Gasteiger charge is -2.02. The van der Waals surface area contributed by atoms with E-state index in [9.17, 15) is 4.39 Å². The van der Waals surface area contributed by atoms with Crippen LogP contribution in [0.25, 0.3) is 11.5 Å². The molecule has 2 rings (SSSR count). The minimum absolute atomic E-state index is 0.147. The highest BCUT2D eigenvalue weighted by atomic mass is 19.1. The second-order valence-corrected chi connectivity index (χ2v) is 3.74. The van der Waals surface area contributed by atoms with Crippen molar-refractivity contribution < 1.29 is 13.5 Å². The number of hydrogen-bond acceptors (Lipinski definition) is 5. The maximum Gasteiger partial charge on any atom is 0.247 e. The number of nitrogens with two attached hydrogens (primary N) is 1.